The topological polar surface area (TPSA) is 44.8 Å². The first-order valence-corrected chi connectivity index (χ1v) is 12.5. The van der Waals surface area contributed by atoms with Gasteiger partial charge >= 0.3 is 5.97 Å². The predicted octanol–water partition coefficient (Wildman–Crippen LogP) is 6.48. The maximum absolute atomic E-state index is 12.8. The van der Waals surface area contributed by atoms with E-state index in [1.54, 1.807) is 12.3 Å². The van der Waals surface area contributed by atoms with Crippen LogP contribution in [0, 0.1) is 11.3 Å². The van der Waals surface area contributed by atoms with Crippen molar-refractivity contribution >= 4 is 34.1 Å². The van der Waals surface area contributed by atoms with Gasteiger partial charge < -0.3 is 14.2 Å². The molecule has 5 unspecified atom stereocenters. The minimum Gasteiger partial charge on any atom is -0.486 e. The van der Waals surface area contributed by atoms with E-state index in [0.29, 0.717) is 12.3 Å². The number of allylic oxidation sites excluding steroid dienone is 3. The number of ether oxygens (including phenoxy) is 3. The van der Waals surface area contributed by atoms with Crippen LogP contribution in [-0.2, 0) is 19.7 Å². The zero-order valence-corrected chi connectivity index (χ0v) is 21.6. The average Bonchev–Trinajstić information content (AvgIpc) is 3.36. The highest BCUT2D eigenvalue weighted by atomic mass is 127. The molecule has 1 aromatic rings. The standard InChI is InChI=1S/C27H31IO4/c1-6-13-31-27(23(29)30-5)12-10-21(28)19(16-27)17-7-8-22-20(14-17)25(3)24(2)11-9-18(15-24)26(25,4)32-22/h6-8,10,12-14,18H,9,11,15-16H2,1-5H3. The van der Waals surface area contributed by atoms with Gasteiger partial charge in [0, 0.05) is 21.0 Å². The van der Waals surface area contributed by atoms with Crippen molar-refractivity contribution in [3.8, 4) is 5.75 Å². The highest BCUT2D eigenvalue weighted by Gasteiger charge is 2.73. The molecule has 32 heavy (non-hydrogen) atoms. The van der Waals surface area contributed by atoms with Gasteiger partial charge in [-0.05, 0) is 102 Å². The number of hydrogen-bond donors (Lipinski definition) is 0. The molecule has 2 saturated carbocycles. The fraction of sp³-hybridized carbons (Fsp3) is 0.519. The lowest BCUT2D eigenvalue weighted by Crippen LogP contribution is -2.54. The summed E-state index contributed by atoms with van der Waals surface area (Å²) in [6, 6.07) is 6.57. The van der Waals surface area contributed by atoms with E-state index >= 15 is 0 Å². The highest BCUT2D eigenvalue weighted by Crippen LogP contribution is 2.73. The molecule has 4 aliphatic rings. The summed E-state index contributed by atoms with van der Waals surface area (Å²) in [7, 11) is 1.41. The van der Waals surface area contributed by atoms with Crippen molar-refractivity contribution in [1.29, 1.82) is 0 Å². The summed E-state index contributed by atoms with van der Waals surface area (Å²) in [6.07, 6.45) is 11.3. The molecule has 3 aliphatic carbocycles. The van der Waals surface area contributed by atoms with Crippen LogP contribution in [0.3, 0.4) is 0 Å². The van der Waals surface area contributed by atoms with E-state index in [-0.39, 0.29) is 16.4 Å². The second-order valence-electron chi connectivity index (χ2n) is 10.4. The van der Waals surface area contributed by atoms with Gasteiger partial charge in [0.25, 0.3) is 0 Å². The molecule has 2 fully saturated rings. The number of rotatable bonds is 4. The maximum atomic E-state index is 12.8. The number of esters is 1. The summed E-state index contributed by atoms with van der Waals surface area (Å²) in [5.74, 6) is 1.23. The third kappa shape index (κ3) is 2.63. The Bertz CT molecular complexity index is 1090. The Morgan fingerprint density at radius 3 is 2.78 bits per heavy atom. The van der Waals surface area contributed by atoms with Crippen molar-refractivity contribution in [3.05, 3.63) is 57.4 Å². The predicted molar refractivity (Wildman–Crippen MR) is 134 cm³/mol. The van der Waals surface area contributed by atoms with E-state index in [1.807, 2.05) is 19.1 Å². The largest absolute Gasteiger partial charge is 0.486 e. The second kappa shape index (κ2) is 7.12. The molecule has 0 spiro atoms. The molecule has 5 rings (SSSR count). The molecular weight excluding hydrogens is 515 g/mol. The summed E-state index contributed by atoms with van der Waals surface area (Å²) in [5, 5.41) is 0. The quantitative estimate of drug-likeness (QED) is 0.246. The summed E-state index contributed by atoms with van der Waals surface area (Å²) < 4.78 is 18.9. The van der Waals surface area contributed by atoms with Crippen LogP contribution >= 0.6 is 22.6 Å². The molecule has 0 saturated heterocycles. The van der Waals surface area contributed by atoms with Crippen LogP contribution in [-0.4, -0.2) is 24.3 Å². The van der Waals surface area contributed by atoms with Crippen LogP contribution < -0.4 is 4.74 Å². The van der Waals surface area contributed by atoms with Crippen LogP contribution in [0.5, 0.6) is 5.75 Å². The number of carbonyl (C=O) groups excluding carboxylic acids is 1. The molecular formula is C27H31IO4. The fourth-order valence-electron chi connectivity index (χ4n) is 6.96. The molecule has 1 heterocycles. The number of methoxy groups -OCH3 is 1. The van der Waals surface area contributed by atoms with Gasteiger partial charge in [-0.25, -0.2) is 4.79 Å². The van der Waals surface area contributed by atoms with Crippen molar-refractivity contribution in [1.82, 2.24) is 0 Å². The number of hydrogen-bond acceptors (Lipinski definition) is 4. The van der Waals surface area contributed by atoms with Crippen LogP contribution in [0.2, 0.25) is 0 Å². The SMILES string of the molecule is CC=COC1(C(=O)OC)C=CC(I)=C(c2ccc3c(c2)C2(C)C4(C)CCC(C4)C2(C)O3)C1. The monoisotopic (exact) mass is 546 g/mol. The Morgan fingerprint density at radius 2 is 2.06 bits per heavy atom. The van der Waals surface area contributed by atoms with Crippen LogP contribution in [0.1, 0.15) is 64.5 Å². The number of benzene rings is 1. The van der Waals surface area contributed by atoms with Crippen molar-refractivity contribution in [2.45, 2.75) is 70.0 Å². The lowest BCUT2D eigenvalue weighted by molar-refractivity contribution is -0.157. The van der Waals surface area contributed by atoms with Crippen molar-refractivity contribution < 1.29 is 19.0 Å². The summed E-state index contributed by atoms with van der Waals surface area (Å²) >= 11 is 2.35. The first-order valence-electron chi connectivity index (χ1n) is 11.4. The number of carbonyl (C=O) groups is 1. The first kappa shape index (κ1) is 22.1. The Hall–Kier alpha value is -1.76. The molecule has 0 radical (unpaired) electrons. The zero-order chi connectivity index (χ0) is 22.9. The maximum Gasteiger partial charge on any atom is 0.354 e. The Balaban J connectivity index is 1.58. The molecule has 0 N–H and O–H groups in total. The van der Waals surface area contributed by atoms with E-state index < -0.39 is 11.6 Å². The minimum atomic E-state index is -1.16. The molecule has 5 heteroatoms. The summed E-state index contributed by atoms with van der Waals surface area (Å²) in [5.41, 5.74) is 2.44. The van der Waals surface area contributed by atoms with E-state index in [9.17, 15) is 4.79 Å². The highest BCUT2D eigenvalue weighted by molar-refractivity contribution is 14.1. The molecule has 0 aromatic heterocycles. The molecule has 170 valence electrons. The van der Waals surface area contributed by atoms with Crippen molar-refractivity contribution in [2.75, 3.05) is 7.11 Å². The van der Waals surface area contributed by atoms with E-state index in [2.05, 4.69) is 61.6 Å². The van der Waals surface area contributed by atoms with Crippen LogP contribution in [0.25, 0.3) is 5.57 Å². The van der Waals surface area contributed by atoms with Crippen LogP contribution in [0.15, 0.2) is 46.3 Å². The van der Waals surface area contributed by atoms with Gasteiger partial charge in [0.2, 0.25) is 5.60 Å². The second-order valence-corrected chi connectivity index (χ2v) is 11.5. The first-order chi connectivity index (χ1) is 15.1. The third-order valence-electron chi connectivity index (χ3n) is 9.08. The van der Waals surface area contributed by atoms with E-state index in [4.69, 9.17) is 14.2 Å². The van der Waals surface area contributed by atoms with Gasteiger partial charge in [-0.1, -0.05) is 26.0 Å². The lowest BCUT2D eigenvalue weighted by Gasteiger charge is -2.48. The average molecular weight is 546 g/mol. The van der Waals surface area contributed by atoms with E-state index in [0.717, 1.165) is 20.5 Å². The third-order valence-corrected chi connectivity index (χ3v) is 10.1. The van der Waals surface area contributed by atoms with Gasteiger partial charge in [-0.3, -0.25) is 0 Å². The molecule has 2 bridgehead atoms. The minimum absolute atomic E-state index is 0.0222. The number of halogens is 1. The summed E-state index contributed by atoms with van der Waals surface area (Å²) in [4.78, 5) is 12.8. The molecule has 4 nitrogen and oxygen atoms in total. The molecule has 1 aromatic carbocycles. The Morgan fingerprint density at radius 1 is 1.28 bits per heavy atom. The van der Waals surface area contributed by atoms with Gasteiger partial charge in [-0.15, -0.1) is 0 Å². The summed E-state index contributed by atoms with van der Waals surface area (Å²) in [6.45, 7) is 9.05. The molecule has 1 aliphatic heterocycles. The Labute approximate surface area is 204 Å². The van der Waals surface area contributed by atoms with Gasteiger partial charge in [-0.2, -0.15) is 0 Å². The molecule has 5 atom stereocenters. The normalized spacial score (nSPS) is 39.2. The Kier molecular flexibility index (Phi) is 4.90. The van der Waals surface area contributed by atoms with Gasteiger partial charge in [0.15, 0.2) is 0 Å². The number of fused-ring (bicyclic) bond motifs is 7. The van der Waals surface area contributed by atoms with Gasteiger partial charge in [0.05, 0.1) is 13.4 Å². The zero-order valence-electron chi connectivity index (χ0n) is 19.5. The smallest absolute Gasteiger partial charge is 0.354 e. The fourth-order valence-corrected chi connectivity index (χ4v) is 7.64. The van der Waals surface area contributed by atoms with E-state index in [1.165, 1.54) is 31.9 Å². The lowest BCUT2D eigenvalue weighted by atomic mass is 9.56. The van der Waals surface area contributed by atoms with Crippen LogP contribution in [0.4, 0.5) is 0 Å². The van der Waals surface area contributed by atoms with Gasteiger partial charge in [0.1, 0.15) is 11.4 Å². The molecule has 0 amide bonds. The van der Waals surface area contributed by atoms with Crippen molar-refractivity contribution in [2.24, 2.45) is 11.3 Å². The van der Waals surface area contributed by atoms with Crippen molar-refractivity contribution in [3.63, 3.8) is 0 Å².